The number of amides is 1. The second-order valence-electron chi connectivity index (χ2n) is 6.31. The molecule has 0 unspecified atom stereocenters. The van der Waals surface area contributed by atoms with Crippen LogP contribution in [0.4, 0.5) is 5.88 Å². The Labute approximate surface area is 167 Å². The number of rotatable bonds is 5. The second-order valence-corrected chi connectivity index (χ2v) is 7.98. The Hall–Kier alpha value is -1.93. The number of carbonyl (C=O) groups excluding carboxylic acids is 1. The molecule has 8 nitrogen and oxygen atoms in total. The molecule has 3 heterocycles. The summed E-state index contributed by atoms with van der Waals surface area (Å²) < 4.78 is 17.0. The van der Waals surface area contributed by atoms with Gasteiger partial charge in [0.05, 0.1) is 30.3 Å². The largest absolute Gasteiger partial charge is 0.420 e. The van der Waals surface area contributed by atoms with E-state index in [-0.39, 0.29) is 29.7 Å². The third-order valence-corrected chi connectivity index (χ3v) is 5.46. The molecule has 2 fully saturated rings. The lowest BCUT2D eigenvalue weighted by Crippen LogP contribution is -2.45. The molecule has 2 atom stereocenters. The van der Waals surface area contributed by atoms with Gasteiger partial charge in [-0.15, -0.1) is 0 Å². The fraction of sp³-hybridized carbons (Fsp3) is 0.529. The number of oxazole rings is 1. The van der Waals surface area contributed by atoms with Gasteiger partial charge in [-0.1, -0.05) is 24.0 Å². The van der Waals surface area contributed by atoms with E-state index in [1.165, 1.54) is 22.7 Å². The van der Waals surface area contributed by atoms with Gasteiger partial charge in [-0.2, -0.15) is 10.2 Å². The molecule has 2 saturated heterocycles. The first kappa shape index (κ1) is 19.8. The summed E-state index contributed by atoms with van der Waals surface area (Å²) in [7, 11) is 1.57. The minimum atomic E-state index is -0.214. The van der Waals surface area contributed by atoms with Gasteiger partial charge >= 0.3 is 0 Å². The van der Waals surface area contributed by atoms with E-state index in [0.29, 0.717) is 41.4 Å². The van der Waals surface area contributed by atoms with Gasteiger partial charge in [0.2, 0.25) is 17.5 Å². The van der Waals surface area contributed by atoms with Crippen LogP contribution in [-0.2, 0) is 14.3 Å². The Morgan fingerprint density at radius 3 is 2.78 bits per heavy atom. The number of anilines is 1. The smallest absolute Gasteiger partial charge is 0.266 e. The molecule has 1 amide bonds. The number of aromatic nitrogens is 1. The van der Waals surface area contributed by atoms with Crippen molar-refractivity contribution in [3.05, 3.63) is 16.5 Å². The van der Waals surface area contributed by atoms with Crippen molar-refractivity contribution in [2.45, 2.75) is 26.1 Å². The molecule has 27 heavy (non-hydrogen) atoms. The number of morpholine rings is 1. The number of hydrogen-bond acceptors (Lipinski definition) is 9. The molecule has 0 aromatic carbocycles. The molecule has 0 bridgehead atoms. The predicted octanol–water partition coefficient (Wildman–Crippen LogP) is 2.01. The molecular formula is C17H20N4O4S2. The Morgan fingerprint density at radius 1 is 1.44 bits per heavy atom. The number of nitrogens with zero attached hydrogens (tertiary/aromatic N) is 4. The van der Waals surface area contributed by atoms with E-state index in [1.54, 1.807) is 7.11 Å². The van der Waals surface area contributed by atoms with Crippen LogP contribution in [0.2, 0.25) is 0 Å². The van der Waals surface area contributed by atoms with Crippen molar-refractivity contribution in [1.82, 2.24) is 9.88 Å². The summed E-state index contributed by atoms with van der Waals surface area (Å²) in [6, 6.07) is 2.06. The molecular weight excluding hydrogens is 388 g/mol. The summed E-state index contributed by atoms with van der Waals surface area (Å²) in [6.07, 6.45) is 1.57. The van der Waals surface area contributed by atoms with Gasteiger partial charge in [0.25, 0.3) is 5.91 Å². The van der Waals surface area contributed by atoms with Crippen molar-refractivity contribution >= 4 is 46.2 Å². The highest BCUT2D eigenvalue weighted by Crippen LogP contribution is 2.33. The van der Waals surface area contributed by atoms with Crippen LogP contribution in [0.15, 0.2) is 9.32 Å². The van der Waals surface area contributed by atoms with Crippen LogP contribution in [0, 0.1) is 11.3 Å². The number of carbonyl (C=O) groups is 1. The molecule has 1 aromatic heterocycles. The number of methoxy groups -OCH3 is 1. The van der Waals surface area contributed by atoms with Gasteiger partial charge < -0.3 is 18.8 Å². The Balaban J connectivity index is 1.83. The summed E-state index contributed by atoms with van der Waals surface area (Å²) >= 11 is 6.44. The first-order chi connectivity index (χ1) is 12.9. The topological polar surface area (TPSA) is 91.8 Å². The van der Waals surface area contributed by atoms with Crippen LogP contribution >= 0.6 is 24.0 Å². The minimum Gasteiger partial charge on any atom is -0.420 e. The first-order valence-electron chi connectivity index (χ1n) is 8.48. The highest BCUT2D eigenvalue weighted by atomic mass is 32.2. The molecule has 10 heteroatoms. The summed E-state index contributed by atoms with van der Waals surface area (Å²) in [5.41, 5.74) is 0.192. The van der Waals surface area contributed by atoms with Crippen molar-refractivity contribution in [2.24, 2.45) is 0 Å². The molecule has 0 radical (unpaired) electrons. The maximum Gasteiger partial charge on any atom is 0.266 e. The Kier molecular flexibility index (Phi) is 6.16. The molecule has 144 valence electrons. The van der Waals surface area contributed by atoms with E-state index in [1.807, 2.05) is 18.7 Å². The lowest BCUT2D eigenvalue weighted by molar-refractivity contribution is -0.122. The van der Waals surface area contributed by atoms with Crippen LogP contribution in [0.3, 0.4) is 0 Å². The van der Waals surface area contributed by atoms with Crippen LogP contribution in [0.25, 0.3) is 6.08 Å². The van der Waals surface area contributed by atoms with Crippen molar-refractivity contribution in [2.75, 3.05) is 38.3 Å². The van der Waals surface area contributed by atoms with Gasteiger partial charge in [-0.25, -0.2) is 0 Å². The van der Waals surface area contributed by atoms with E-state index in [2.05, 4.69) is 11.1 Å². The molecule has 3 rings (SSSR count). The first-order valence-corrected chi connectivity index (χ1v) is 9.71. The van der Waals surface area contributed by atoms with Crippen molar-refractivity contribution in [3.8, 4) is 6.07 Å². The van der Waals surface area contributed by atoms with Crippen LogP contribution in [-0.4, -0.2) is 65.7 Å². The summed E-state index contributed by atoms with van der Waals surface area (Å²) in [5, 5.41) is 9.42. The maximum atomic E-state index is 12.5. The summed E-state index contributed by atoms with van der Waals surface area (Å²) in [5.74, 6) is 0.398. The fourth-order valence-corrected chi connectivity index (χ4v) is 4.28. The molecule has 2 aliphatic heterocycles. The monoisotopic (exact) mass is 408 g/mol. The molecule has 1 aromatic rings. The van der Waals surface area contributed by atoms with E-state index in [4.69, 9.17) is 26.1 Å². The second kappa shape index (κ2) is 8.39. The van der Waals surface area contributed by atoms with Crippen LogP contribution in [0.5, 0.6) is 0 Å². The Morgan fingerprint density at radius 2 is 2.15 bits per heavy atom. The number of hydrogen-bond donors (Lipinski definition) is 0. The normalized spacial score (nSPS) is 24.7. The fourth-order valence-electron chi connectivity index (χ4n) is 3.01. The lowest BCUT2D eigenvalue weighted by Gasteiger charge is -2.34. The number of ether oxygens (including phenoxy) is 2. The summed E-state index contributed by atoms with van der Waals surface area (Å²) in [4.78, 5) is 20.6. The Bertz CT molecular complexity index is 806. The van der Waals surface area contributed by atoms with E-state index >= 15 is 0 Å². The highest BCUT2D eigenvalue weighted by molar-refractivity contribution is 8.26. The quantitative estimate of drug-likeness (QED) is 0.536. The minimum absolute atomic E-state index is 0.0193. The van der Waals surface area contributed by atoms with Gasteiger partial charge in [0.15, 0.2) is 0 Å². The zero-order chi connectivity index (χ0) is 19.6. The van der Waals surface area contributed by atoms with Crippen LogP contribution in [0.1, 0.15) is 25.4 Å². The standard InChI is InChI=1S/C17H20N4O4S2/c1-10-8-20(9-11(2)24-10)16-12(7-18)19-14(25-16)6-13-15(22)21(4-5-23-3)17(26)27-13/h6,10-11H,4-5,8-9H2,1-3H3/b13-6+/t10-,11-/m0/s1. The average Bonchev–Trinajstić information content (AvgIpc) is 3.14. The maximum absolute atomic E-state index is 12.5. The SMILES string of the molecule is COCCN1C(=O)/C(=C\c2nc(C#N)c(N3C[C@H](C)O[C@@H](C)C3)o2)SC1=S. The number of thioether (sulfide) groups is 1. The van der Waals surface area contributed by atoms with E-state index in [0.717, 1.165) is 0 Å². The lowest BCUT2D eigenvalue weighted by atomic mass is 10.2. The van der Waals surface area contributed by atoms with Gasteiger partial charge in [0, 0.05) is 26.3 Å². The third-order valence-electron chi connectivity index (χ3n) is 4.09. The van der Waals surface area contributed by atoms with Crippen molar-refractivity contribution in [3.63, 3.8) is 0 Å². The van der Waals surface area contributed by atoms with Crippen molar-refractivity contribution in [1.29, 1.82) is 5.26 Å². The highest BCUT2D eigenvalue weighted by Gasteiger charge is 2.33. The van der Waals surface area contributed by atoms with Crippen LogP contribution < -0.4 is 4.90 Å². The predicted molar refractivity (Wildman–Crippen MR) is 105 cm³/mol. The van der Waals surface area contributed by atoms with Gasteiger partial charge in [0.1, 0.15) is 10.4 Å². The average molecular weight is 409 g/mol. The number of nitriles is 1. The number of thiocarbonyl (C=S) groups is 1. The summed E-state index contributed by atoms with van der Waals surface area (Å²) in [6.45, 7) is 5.94. The molecule has 0 N–H and O–H groups in total. The molecule has 2 aliphatic rings. The molecule has 0 aliphatic carbocycles. The zero-order valence-electron chi connectivity index (χ0n) is 15.3. The zero-order valence-corrected chi connectivity index (χ0v) is 16.9. The van der Waals surface area contributed by atoms with Gasteiger partial charge in [-0.3, -0.25) is 9.69 Å². The third kappa shape index (κ3) is 4.32. The molecule has 0 saturated carbocycles. The van der Waals surface area contributed by atoms with Crippen molar-refractivity contribution < 1.29 is 18.7 Å². The van der Waals surface area contributed by atoms with Gasteiger partial charge in [-0.05, 0) is 13.8 Å². The van der Waals surface area contributed by atoms with E-state index < -0.39 is 0 Å². The molecule has 0 spiro atoms. The van der Waals surface area contributed by atoms with E-state index in [9.17, 15) is 10.1 Å².